The van der Waals surface area contributed by atoms with E-state index >= 15 is 0 Å². The Morgan fingerprint density at radius 1 is 1.70 bits per heavy atom. The number of esters is 1. The molecule has 0 amide bonds. The fourth-order valence-electron chi connectivity index (χ4n) is 0.320. The van der Waals surface area contributed by atoms with Gasteiger partial charge in [0.2, 0.25) is 0 Å². The number of carbonyl (C=O) groups excluding carboxylic acids is 1. The molecule has 0 rings (SSSR count). The van der Waals surface area contributed by atoms with Crippen molar-refractivity contribution in [1.29, 1.82) is 0 Å². The lowest BCUT2D eigenvalue weighted by molar-refractivity contribution is -0.169. The Balaban J connectivity index is 3.91. The van der Waals surface area contributed by atoms with E-state index in [1.54, 1.807) is 0 Å². The number of nitrogens with two attached hydrogens (primary N) is 1. The van der Waals surface area contributed by atoms with Gasteiger partial charge in [-0.2, -0.15) is 8.78 Å². The zero-order valence-electron chi connectivity index (χ0n) is 5.56. The molecule has 0 bridgehead atoms. The lowest BCUT2D eigenvalue weighted by Gasteiger charge is -2.10. The van der Waals surface area contributed by atoms with Crippen LogP contribution < -0.4 is 5.73 Å². The number of ether oxygens (including phenoxy) is 1. The molecule has 0 spiro atoms. The van der Waals surface area contributed by atoms with E-state index in [1.807, 2.05) is 0 Å². The Morgan fingerprint density at radius 2 is 2.20 bits per heavy atom. The molecule has 5 heteroatoms. The Labute approximate surface area is 57.1 Å². The van der Waals surface area contributed by atoms with Crippen LogP contribution in [0.25, 0.3) is 0 Å². The van der Waals surface area contributed by atoms with Crippen molar-refractivity contribution in [2.75, 3.05) is 13.2 Å². The van der Waals surface area contributed by atoms with E-state index in [0.717, 1.165) is 0 Å². The maximum atomic E-state index is 12.1. The molecule has 10 heavy (non-hydrogen) atoms. The number of rotatable bonds is 3. The summed E-state index contributed by atoms with van der Waals surface area (Å²) in [7, 11) is 0. The second-order valence-electron chi connectivity index (χ2n) is 1.63. The number of carbonyl (C=O) groups is 1. The normalized spacial score (nSPS) is 11.2. The largest absolute Gasteiger partial charge is 0.462 e. The van der Waals surface area contributed by atoms with Crippen molar-refractivity contribution in [3.05, 3.63) is 0 Å². The summed E-state index contributed by atoms with van der Waals surface area (Å²) >= 11 is 0. The standard InChI is InChI=1S/C5H9F2NO2/c1-2-10-4(9)5(6,7)3-8/h2-3,8H2,1H3. The van der Waals surface area contributed by atoms with Crippen LogP contribution in [0.15, 0.2) is 0 Å². The number of hydrogen-bond acceptors (Lipinski definition) is 3. The molecular weight excluding hydrogens is 144 g/mol. The van der Waals surface area contributed by atoms with E-state index in [4.69, 9.17) is 0 Å². The number of hydrogen-bond donors (Lipinski definition) is 1. The molecule has 0 atom stereocenters. The average Bonchev–Trinajstić information content (AvgIpc) is 1.89. The molecule has 0 aliphatic rings. The fourth-order valence-corrected chi connectivity index (χ4v) is 0.320. The molecule has 0 heterocycles. The molecule has 0 fully saturated rings. The maximum absolute atomic E-state index is 12.1. The predicted octanol–water partition coefficient (Wildman–Crippen LogP) is 0.144. The Bertz CT molecular complexity index is 127. The molecule has 0 aromatic rings. The lowest BCUT2D eigenvalue weighted by atomic mass is 10.3. The summed E-state index contributed by atoms with van der Waals surface area (Å²) in [4.78, 5) is 10.2. The third-order valence-electron chi connectivity index (χ3n) is 0.830. The molecule has 0 saturated heterocycles. The minimum atomic E-state index is -3.53. The van der Waals surface area contributed by atoms with Crippen molar-refractivity contribution >= 4 is 5.97 Å². The highest BCUT2D eigenvalue weighted by molar-refractivity contribution is 5.77. The van der Waals surface area contributed by atoms with Gasteiger partial charge in [-0.25, -0.2) is 4.79 Å². The Hall–Kier alpha value is -0.710. The third-order valence-corrected chi connectivity index (χ3v) is 0.830. The molecule has 0 aromatic carbocycles. The topological polar surface area (TPSA) is 52.3 Å². The number of alkyl halides is 2. The second kappa shape index (κ2) is 3.46. The number of halogens is 2. The first kappa shape index (κ1) is 9.29. The third kappa shape index (κ3) is 2.26. The van der Waals surface area contributed by atoms with Crippen LogP contribution >= 0.6 is 0 Å². The summed E-state index contributed by atoms with van der Waals surface area (Å²) in [6.07, 6.45) is 0. The van der Waals surface area contributed by atoms with Gasteiger partial charge in [0.05, 0.1) is 13.2 Å². The van der Waals surface area contributed by atoms with E-state index in [-0.39, 0.29) is 6.61 Å². The van der Waals surface area contributed by atoms with Crippen molar-refractivity contribution in [2.45, 2.75) is 12.8 Å². The van der Waals surface area contributed by atoms with Crippen LogP contribution in [0.2, 0.25) is 0 Å². The van der Waals surface area contributed by atoms with Gasteiger partial charge in [-0.1, -0.05) is 0 Å². The molecule has 0 aromatic heterocycles. The van der Waals surface area contributed by atoms with Gasteiger partial charge >= 0.3 is 11.9 Å². The average molecular weight is 153 g/mol. The minimum Gasteiger partial charge on any atom is -0.462 e. The summed E-state index contributed by atoms with van der Waals surface area (Å²) in [6, 6.07) is 0. The summed E-state index contributed by atoms with van der Waals surface area (Å²) in [5.74, 6) is -5.09. The first-order valence-electron chi connectivity index (χ1n) is 2.79. The first-order valence-corrected chi connectivity index (χ1v) is 2.79. The highest BCUT2D eigenvalue weighted by Gasteiger charge is 2.38. The van der Waals surface area contributed by atoms with Gasteiger partial charge in [0, 0.05) is 0 Å². The van der Waals surface area contributed by atoms with Gasteiger partial charge in [-0.3, -0.25) is 0 Å². The predicted molar refractivity (Wildman–Crippen MR) is 30.6 cm³/mol. The maximum Gasteiger partial charge on any atom is 0.378 e. The zero-order valence-corrected chi connectivity index (χ0v) is 5.56. The van der Waals surface area contributed by atoms with Crippen LogP contribution in [-0.2, 0) is 9.53 Å². The Kier molecular flexibility index (Phi) is 3.21. The van der Waals surface area contributed by atoms with E-state index in [1.165, 1.54) is 6.92 Å². The summed E-state index contributed by atoms with van der Waals surface area (Å²) in [5.41, 5.74) is 4.59. The summed E-state index contributed by atoms with van der Waals surface area (Å²) in [5, 5.41) is 0. The van der Waals surface area contributed by atoms with Crippen molar-refractivity contribution in [2.24, 2.45) is 5.73 Å². The SMILES string of the molecule is CCOC(=O)C(F)(F)CN. The second-order valence-corrected chi connectivity index (χ2v) is 1.63. The van der Waals surface area contributed by atoms with Gasteiger partial charge < -0.3 is 10.5 Å². The molecule has 3 nitrogen and oxygen atoms in total. The highest BCUT2D eigenvalue weighted by Crippen LogP contribution is 2.12. The van der Waals surface area contributed by atoms with Gasteiger partial charge in [0.1, 0.15) is 0 Å². The molecule has 0 saturated carbocycles. The molecule has 0 aliphatic carbocycles. The van der Waals surface area contributed by atoms with E-state index in [9.17, 15) is 13.6 Å². The fraction of sp³-hybridized carbons (Fsp3) is 0.800. The van der Waals surface area contributed by atoms with Gasteiger partial charge in [-0.15, -0.1) is 0 Å². The minimum absolute atomic E-state index is 0.0611. The van der Waals surface area contributed by atoms with Crippen LogP contribution in [0, 0.1) is 0 Å². The van der Waals surface area contributed by atoms with Gasteiger partial charge in [0.25, 0.3) is 0 Å². The lowest BCUT2D eigenvalue weighted by Crippen LogP contribution is -2.38. The van der Waals surface area contributed by atoms with Crippen LogP contribution in [-0.4, -0.2) is 25.0 Å². The van der Waals surface area contributed by atoms with Crippen LogP contribution in [0.1, 0.15) is 6.92 Å². The van der Waals surface area contributed by atoms with Crippen molar-refractivity contribution < 1.29 is 18.3 Å². The van der Waals surface area contributed by atoms with E-state index in [0.29, 0.717) is 0 Å². The van der Waals surface area contributed by atoms with Crippen molar-refractivity contribution in [1.82, 2.24) is 0 Å². The van der Waals surface area contributed by atoms with Crippen molar-refractivity contribution in [3.8, 4) is 0 Å². The summed E-state index contributed by atoms with van der Waals surface area (Å²) in [6.45, 7) is 0.380. The molecule has 0 radical (unpaired) electrons. The van der Waals surface area contributed by atoms with Crippen molar-refractivity contribution in [3.63, 3.8) is 0 Å². The van der Waals surface area contributed by atoms with Gasteiger partial charge in [0.15, 0.2) is 0 Å². The Morgan fingerprint density at radius 3 is 2.50 bits per heavy atom. The van der Waals surface area contributed by atoms with Crippen LogP contribution in [0.5, 0.6) is 0 Å². The molecule has 2 N–H and O–H groups in total. The summed E-state index contributed by atoms with van der Waals surface area (Å²) < 4.78 is 28.3. The molecular formula is C5H9F2NO2. The smallest absolute Gasteiger partial charge is 0.378 e. The van der Waals surface area contributed by atoms with Crippen LogP contribution in [0.4, 0.5) is 8.78 Å². The molecule has 0 aliphatic heterocycles. The first-order chi connectivity index (χ1) is 4.54. The van der Waals surface area contributed by atoms with E-state index in [2.05, 4.69) is 10.5 Å². The quantitative estimate of drug-likeness (QED) is 0.587. The highest BCUT2D eigenvalue weighted by atomic mass is 19.3. The zero-order chi connectivity index (χ0) is 8.20. The van der Waals surface area contributed by atoms with E-state index < -0.39 is 18.4 Å². The van der Waals surface area contributed by atoms with Gasteiger partial charge in [-0.05, 0) is 6.92 Å². The monoisotopic (exact) mass is 153 g/mol. The molecule has 60 valence electrons. The molecule has 0 unspecified atom stereocenters. The van der Waals surface area contributed by atoms with Crippen LogP contribution in [0.3, 0.4) is 0 Å².